The van der Waals surface area contributed by atoms with E-state index in [9.17, 15) is 13.2 Å². The molecule has 3 aromatic rings. The second-order valence-electron chi connectivity index (χ2n) is 5.93. The largest absolute Gasteiger partial charge is 0.321 e. The lowest BCUT2D eigenvalue weighted by Gasteiger charge is -2.10. The zero-order valence-electron chi connectivity index (χ0n) is 14.4. The Morgan fingerprint density at radius 2 is 1.52 bits per heavy atom. The molecular weight excluding hydrogens is 428 g/mol. The predicted octanol–water partition coefficient (Wildman–Crippen LogP) is 4.81. The van der Waals surface area contributed by atoms with Gasteiger partial charge >= 0.3 is 0 Å². The van der Waals surface area contributed by atoms with Crippen LogP contribution in [0.5, 0.6) is 0 Å². The molecule has 0 aromatic heterocycles. The van der Waals surface area contributed by atoms with E-state index in [0.717, 1.165) is 10.0 Å². The Kier molecular flexibility index (Phi) is 5.62. The molecule has 0 spiro atoms. The summed E-state index contributed by atoms with van der Waals surface area (Å²) in [6.45, 7) is 1.89. The molecule has 27 heavy (non-hydrogen) atoms. The summed E-state index contributed by atoms with van der Waals surface area (Å²) >= 11 is 3.38. The summed E-state index contributed by atoms with van der Waals surface area (Å²) in [5.74, 6) is -0.283. The summed E-state index contributed by atoms with van der Waals surface area (Å²) in [4.78, 5) is 12.5. The minimum Gasteiger partial charge on any atom is -0.321 e. The summed E-state index contributed by atoms with van der Waals surface area (Å²) in [6.07, 6.45) is 0. The number of amides is 1. The van der Waals surface area contributed by atoms with Gasteiger partial charge in [-0.2, -0.15) is 0 Å². The lowest BCUT2D eigenvalue weighted by Crippen LogP contribution is -2.14. The van der Waals surface area contributed by atoms with Crippen molar-refractivity contribution in [1.29, 1.82) is 0 Å². The molecule has 138 valence electrons. The van der Waals surface area contributed by atoms with Crippen molar-refractivity contribution >= 4 is 43.2 Å². The van der Waals surface area contributed by atoms with Crippen LogP contribution in [0.25, 0.3) is 0 Å². The number of para-hydroxylation sites is 1. The molecule has 0 saturated carbocycles. The molecule has 0 fully saturated rings. The van der Waals surface area contributed by atoms with Crippen molar-refractivity contribution in [3.8, 4) is 0 Å². The summed E-state index contributed by atoms with van der Waals surface area (Å²) in [5.41, 5.74) is 2.44. The van der Waals surface area contributed by atoms with Gasteiger partial charge in [0.05, 0.1) is 10.6 Å². The van der Waals surface area contributed by atoms with Gasteiger partial charge in [0.15, 0.2) is 0 Å². The van der Waals surface area contributed by atoms with Crippen molar-refractivity contribution in [2.24, 2.45) is 0 Å². The molecule has 0 radical (unpaired) electrons. The van der Waals surface area contributed by atoms with Gasteiger partial charge in [0.1, 0.15) is 0 Å². The number of hydrogen-bond acceptors (Lipinski definition) is 3. The zero-order chi connectivity index (χ0) is 19.4. The van der Waals surface area contributed by atoms with Gasteiger partial charge in [0.25, 0.3) is 15.9 Å². The highest BCUT2D eigenvalue weighted by Gasteiger charge is 2.14. The second kappa shape index (κ2) is 7.94. The first-order chi connectivity index (χ1) is 12.8. The maximum atomic E-state index is 12.4. The molecule has 3 rings (SSSR count). The van der Waals surface area contributed by atoms with Crippen LogP contribution in [0.4, 0.5) is 11.4 Å². The summed E-state index contributed by atoms with van der Waals surface area (Å²) in [7, 11) is -3.67. The molecule has 0 aliphatic rings. The fourth-order valence-electron chi connectivity index (χ4n) is 2.38. The molecule has 3 aromatic carbocycles. The van der Waals surface area contributed by atoms with E-state index >= 15 is 0 Å². The molecule has 1 amide bonds. The van der Waals surface area contributed by atoms with Gasteiger partial charge in [0.2, 0.25) is 0 Å². The Hall–Kier alpha value is -2.64. The van der Waals surface area contributed by atoms with Crippen LogP contribution in [-0.2, 0) is 10.0 Å². The number of aryl methyl sites for hydroxylation is 1. The van der Waals surface area contributed by atoms with Crippen LogP contribution in [-0.4, -0.2) is 14.3 Å². The maximum Gasteiger partial charge on any atom is 0.261 e. The van der Waals surface area contributed by atoms with E-state index in [1.54, 1.807) is 54.6 Å². The number of nitrogens with one attached hydrogen (secondary N) is 2. The number of carbonyl (C=O) groups excluding carboxylic acids is 1. The van der Waals surface area contributed by atoms with Crippen LogP contribution in [0, 0.1) is 6.92 Å². The van der Waals surface area contributed by atoms with Crippen LogP contribution in [0.3, 0.4) is 0 Å². The van der Waals surface area contributed by atoms with E-state index in [2.05, 4.69) is 26.0 Å². The van der Waals surface area contributed by atoms with Crippen LogP contribution in [0.1, 0.15) is 15.9 Å². The third-order valence-corrected chi connectivity index (χ3v) is 5.94. The molecule has 2 N–H and O–H groups in total. The van der Waals surface area contributed by atoms with Gasteiger partial charge < -0.3 is 5.32 Å². The molecule has 7 heteroatoms. The Balaban J connectivity index is 1.72. The first kappa shape index (κ1) is 19.1. The van der Waals surface area contributed by atoms with Crippen LogP contribution in [0.2, 0.25) is 0 Å². The minimum absolute atomic E-state index is 0.184. The molecule has 0 aliphatic carbocycles. The quantitative estimate of drug-likeness (QED) is 0.592. The van der Waals surface area contributed by atoms with E-state index in [0.29, 0.717) is 16.9 Å². The van der Waals surface area contributed by atoms with E-state index in [1.165, 1.54) is 0 Å². The van der Waals surface area contributed by atoms with Crippen LogP contribution < -0.4 is 10.0 Å². The fourth-order valence-corrected chi connectivity index (χ4v) is 3.82. The molecule has 0 heterocycles. The Morgan fingerprint density at radius 1 is 0.889 bits per heavy atom. The van der Waals surface area contributed by atoms with Crippen LogP contribution in [0.15, 0.2) is 82.2 Å². The topological polar surface area (TPSA) is 75.3 Å². The first-order valence-electron chi connectivity index (χ1n) is 8.10. The smallest absolute Gasteiger partial charge is 0.261 e. The normalized spacial score (nSPS) is 11.0. The molecule has 0 aliphatic heterocycles. The maximum absolute atomic E-state index is 12.4. The number of anilines is 2. The molecule has 0 bridgehead atoms. The number of hydrogen-bond donors (Lipinski definition) is 2. The Morgan fingerprint density at radius 3 is 2.15 bits per heavy atom. The van der Waals surface area contributed by atoms with Gasteiger partial charge in [0, 0.05) is 15.7 Å². The van der Waals surface area contributed by atoms with Gasteiger partial charge in [-0.05, 0) is 71.4 Å². The third-order valence-electron chi connectivity index (χ3n) is 3.85. The molecule has 5 nitrogen and oxygen atoms in total. The highest BCUT2D eigenvalue weighted by atomic mass is 79.9. The lowest BCUT2D eigenvalue weighted by atomic mass is 10.2. The zero-order valence-corrected chi connectivity index (χ0v) is 16.8. The number of benzene rings is 3. The third kappa shape index (κ3) is 4.75. The van der Waals surface area contributed by atoms with Gasteiger partial charge in [-0.15, -0.1) is 0 Å². The molecule has 0 saturated heterocycles. The van der Waals surface area contributed by atoms with Crippen molar-refractivity contribution < 1.29 is 13.2 Å². The standard InChI is InChI=1S/C20H17BrN2O3S/c1-14-6-12-17(13-7-14)27(25,26)23-16-10-8-15(9-11-16)20(24)22-19-5-3-2-4-18(19)21/h2-13,23H,1H3,(H,22,24). The average Bonchev–Trinajstić information content (AvgIpc) is 2.64. The van der Waals surface area contributed by atoms with Gasteiger partial charge in [-0.1, -0.05) is 29.8 Å². The Bertz CT molecular complexity index is 1060. The number of halogens is 1. The second-order valence-corrected chi connectivity index (χ2v) is 8.47. The predicted molar refractivity (Wildman–Crippen MR) is 111 cm³/mol. The first-order valence-corrected chi connectivity index (χ1v) is 10.4. The summed E-state index contributed by atoms with van der Waals surface area (Å²) < 4.78 is 28.1. The van der Waals surface area contributed by atoms with Gasteiger partial charge in [-0.25, -0.2) is 8.42 Å². The molecule has 0 atom stereocenters. The average molecular weight is 445 g/mol. The number of carbonyl (C=O) groups is 1. The van der Waals surface area contributed by atoms with Crippen molar-refractivity contribution in [3.63, 3.8) is 0 Å². The lowest BCUT2D eigenvalue weighted by molar-refractivity contribution is 0.102. The van der Waals surface area contributed by atoms with E-state index in [1.807, 2.05) is 25.1 Å². The highest BCUT2D eigenvalue weighted by molar-refractivity contribution is 9.10. The van der Waals surface area contributed by atoms with E-state index < -0.39 is 10.0 Å². The van der Waals surface area contributed by atoms with Gasteiger partial charge in [-0.3, -0.25) is 9.52 Å². The Labute approximate surface area is 166 Å². The summed E-state index contributed by atoms with van der Waals surface area (Å²) in [6, 6.07) is 20.1. The number of sulfonamides is 1. The monoisotopic (exact) mass is 444 g/mol. The van der Waals surface area contributed by atoms with Crippen molar-refractivity contribution in [2.45, 2.75) is 11.8 Å². The van der Waals surface area contributed by atoms with Crippen LogP contribution >= 0.6 is 15.9 Å². The minimum atomic E-state index is -3.67. The SMILES string of the molecule is Cc1ccc(S(=O)(=O)Nc2ccc(C(=O)Nc3ccccc3Br)cc2)cc1. The highest BCUT2D eigenvalue weighted by Crippen LogP contribution is 2.22. The molecular formula is C20H17BrN2O3S. The van der Waals surface area contributed by atoms with E-state index in [4.69, 9.17) is 0 Å². The fraction of sp³-hybridized carbons (Fsp3) is 0.0500. The van der Waals surface area contributed by atoms with Crippen molar-refractivity contribution in [2.75, 3.05) is 10.0 Å². The summed E-state index contributed by atoms with van der Waals surface area (Å²) in [5, 5.41) is 2.80. The van der Waals surface area contributed by atoms with E-state index in [-0.39, 0.29) is 10.8 Å². The number of rotatable bonds is 5. The van der Waals surface area contributed by atoms with Crippen molar-refractivity contribution in [3.05, 3.63) is 88.4 Å². The molecule has 0 unspecified atom stereocenters. The van der Waals surface area contributed by atoms with Crippen molar-refractivity contribution in [1.82, 2.24) is 0 Å².